The first-order chi connectivity index (χ1) is 9.20. The number of nitrogens with zero attached hydrogens (tertiary/aromatic N) is 2. The van der Waals surface area contributed by atoms with E-state index in [9.17, 15) is 4.79 Å². The molecule has 2 N–H and O–H groups in total. The van der Waals surface area contributed by atoms with Crippen molar-refractivity contribution in [1.29, 1.82) is 0 Å². The highest BCUT2D eigenvalue weighted by atomic mass is 16.2. The van der Waals surface area contributed by atoms with E-state index in [1.807, 2.05) is 0 Å². The number of aryl methyl sites for hydroxylation is 1. The Morgan fingerprint density at radius 3 is 2.84 bits per heavy atom. The minimum absolute atomic E-state index is 0.156. The average Bonchev–Trinajstić information content (AvgIpc) is 2.89. The molecule has 1 amide bonds. The number of hydrogen-bond acceptors (Lipinski definition) is 3. The van der Waals surface area contributed by atoms with E-state index in [2.05, 4.69) is 34.3 Å². The van der Waals surface area contributed by atoms with Crippen LogP contribution in [-0.4, -0.2) is 27.1 Å². The highest BCUT2D eigenvalue weighted by Crippen LogP contribution is 2.26. The molecular formula is C14H24N4O. The fraction of sp³-hybridized carbons (Fsp3) is 0.786. The summed E-state index contributed by atoms with van der Waals surface area (Å²) in [5.41, 5.74) is 0. The van der Waals surface area contributed by atoms with Crippen LogP contribution in [0.4, 0.5) is 0 Å². The Bertz CT molecular complexity index is 409. The van der Waals surface area contributed by atoms with Crippen molar-refractivity contribution >= 4 is 5.91 Å². The monoisotopic (exact) mass is 264 g/mol. The fourth-order valence-corrected chi connectivity index (χ4v) is 2.77. The molecule has 0 aliphatic heterocycles. The molecule has 5 heteroatoms. The number of amides is 1. The summed E-state index contributed by atoms with van der Waals surface area (Å²) in [6.07, 6.45) is 8.16. The van der Waals surface area contributed by atoms with Gasteiger partial charge in [0, 0.05) is 12.5 Å². The van der Waals surface area contributed by atoms with Gasteiger partial charge in [0.15, 0.2) is 0 Å². The van der Waals surface area contributed by atoms with E-state index in [1.165, 1.54) is 32.1 Å². The van der Waals surface area contributed by atoms with Gasteiger partial charge in [-0.25, -0.2) is 4.98 Å². The zero-order chi connectivity index (χ0) is 13.7. The molecule has 1 aliphatic rings. The topological polar surface area (TPSA) is 70.7 Å². The number of aromatic amines is 1. The molecule has 2 rings (SSSR count). The first-order valence-corrected chi connectivity index (χ1v) is 7.43. The molecule has 1 aromatic heterocycles. The lowest BCUT2D eigenvalue weighted by Gasteiger charge is -2.27. The highest BCUT2D eigenvalue weighted by Gasteiger charge is 2.23. The Labute approximate surface area is 114 Å². The quantitative estimate of drug-likeness (QED) is 0.858. The Kier molecular flexibility index (Phi) is 4.93. The number of aromatic nitrogens is 3. The zero-order valence-electron chi connectivity index (χ0n) is 11.9. The molecule has 19 heavy (non-hydrogen) atoms. The van der Waals surface area contributed by atoms with E-state index in [0.717, 1.165) is 18.7 Å². The van der Waals surface area contributed by atoms with Crippen molar-refractivity contribution in [2.75, 3.05) is 0 Å². The minimum Gasteiger partial charge on any atom is -0.347 e. The Morgan fingerprint density at radius 2 is 2.16 bits per heavy atom. The van der Waals surface area contributed by atoms with Gasteiger partial charge >= 0.3 is 0 Å². The van der Waals surface area contributed by atoms with Crippen LogP contribution in [0.2, 0.25) is 0 Å². The summed E-state index contributed by atoms with van der Waals surface area (Å²) in [5.74, 6) is 1.51. The number of H-pyrrole nitrogens is 1. The summed E-state index contributed by atoms with van der Waals surface area (Å²) in [5, 5.41) is 9.84. The second-order valence-corrected chi connectivity index (χ2v) is 5.52. The Hall–Kier alpha value is -1.39. The molecule has 0 radical (unpaired) electrons. The molecule has 0 saturated heterocycles. The van der Waals surface area contributed by atoms with E-state index < -0.39 is 0 Å². The molecule has 0 spiro atoms. The van der Waals surface area contributed by atoms with Crippen molar-refractivity contribution in [3.8, 4) is 0 Å². The van der Waals surface area contributed by atoms with Crippen LogP contribution in [0.1, 0.15) is 68.8 Å². The van der Waals surface area contributed by atoms with Crippen LogP contribution in [0.3, 0.4) is 0 Å². The molecule has 1 fully saturated rings. The number of carbonyl (C=O) groups is 1. The van der Waals surface area contributed by atoms with Gasteiger partial charge in [0.05, 0.1) is 0 Å². The molecule has 1 heterocycles. The van der Waals surface area contributed by atoms with E-state index in [0.29, 0.717) is 5.92 Å². The molecule has 0 aromatic carbocycles. The summed E-state index contributed by atoms with van der Waals surface area (Å²) in [6, 6.07) is 0.209. The summed E-state index contributed by atoms with van der Waals surface area (Å²) >= 11 is 0. The van der Waals surface area contributed by atoms with E-state index in [-0.39, 0.29) is 17.8 Å². The highest BCUT2D eigenvalue weighted by molar-refractivity contribution is 5.90. The van der Waals surface area contributed by atoms with Gasteiger partial charge < -0.3 is 5.32 Å². The predicted octanol–water partition coefficient (Wildman–Crippen LogP) is 2.46. The van der Waals surface area contributed by atoms with E-state index in [1.54, 1.807) is 0 Å². The lowest BCUT2D eigenvalue weighted by atomic mass is 9.84. The summed E-state index contributed by atoms with van der Waals surface area (Å²) in [4.78, 5) is 16.3. The van der Waals surface area contributed by atoms with Crippen molar-refractivity contribution in [2.45, 2.75) is 64.8 Å². The predicted molar refractivity (Wildman–Crippen MR) is 73.9 cm³/mol. The maximum Gasteiger partial charge on any atom is 0.291 e. The Balaban J connectivity index is 1.88. The van der Waals surface area contributed by atoms with Crippen LogP contribution in [0.15, 0.2) is 0 Å². The number of carbonyl (C=O) groups excluding carboxylic acids is 1. The minimum atomic E-state index is -0.156. The van der Waals surface area contributed by atoms with Crippen molar-refractivity contribution in [1.82, 2.24) is 20.5 Å². The molecule has 1 saturated carbocycles. The standard InChI is InChI=1S/C14H24N4O/c1-3-7-12-16-13(18-17-12)14(19)15-10(2)11-8-5-4-6-9-11/h10-11H,3-9H2,1-2H3,(H,15,19)(H,16,17,18). The second kappa shape index (κ2) is 6.68. The largest absolute Gasteiger partial charge is 0.347 e. The number of hydrogen-bond donors (Lipinski definition) is 2. The van der Waals surface area contributed by atoms with Gasteiger partial charge in [-0.1, -0.05) is 26.2 Å². The van der Waals surface area contributed by atoms with Gasteiger partial charge in [0.2, 0.25) is 5.82 Å². The van der Waals surface area contributed by atoms with Gasteiger partial charge in [-0.3, -0.25) is 9.89 Å². The lowest BCUT2D eigenvalue weighted by molar-refractivity contribution is 0.0909. The molecule has 106 valence electrons. The first-order valence-electron chi connectivity index (χ1n) is 7.43. The molecule has 1 atom stereocenters. The third-order valence-corrected chi connectivity index (χ3v) is 3.94. The normalized spacial score (nSPS) is 18.2. The van der Waals surface area contributed by atoms with Crippen molar-refractivity contribution in [3.63, 3.8) is 0 Å². The van der Waals surface area contributed by atoms with Crippen LogP contribution in [0, 0.1) is 5.92 Å². The number of rotatable bonds is 5. The molecule has 0 bridgehead atoms. The first kappa shape index (κ1) is 14.0. The van der Waals surface area contributed by atoms with Gasteiger partial charge in [-0.15, -0.1) is 5.10 Å². The van der Waals surface area contributed by atoms with Crippen molar-refractivity contribution < 1.29 is 4.79 Å². The smallest absolute Gasteiger partial charge is 0.291 e. The van der Waals surface area contributed by atoms with Gasteiger partial charge in [0.25, 0.3) is 5.91 Å². The molecule has 1 unspecified atom stereocenters. The van der Waals surface area contributed by atoms with Crippen LogP contribution in [0.25, 0.3) is 0 Å². The van der Waals surface area contributed by atoms with Crippen molar-refractivity contribution in [3.05, 3.63) is 11.6 Å². The summed E-state index contributed by atoms with van der Waals surface area (Å²) in [6.45, 7) is 4.17. The maximum atomic E-state index is 12.1. The number of nitrogens with one attached hydrogen (secondary N) is 2. The van der Waals surface area contributed by atoms with Crippen LogP contribution in [-0.2, 0) is 6.42 Å². The van der Waals surface area contributed by atoms with E-state index >= 15 is 0 Å². The SMILES string of the molecule is CCCc1nc(C(=O)NC(C)C2CCCCC2)n[nH]1. The van der Waals surface area contributed by atoms with Crippen LogP contribution in [0.5, 0.6) is 0 Å². The summed E-state index contributed by atoms with van der Waals surface area (Å²) in [7, 11) is 0. The second-order valence-electron chi connectivity index (χ2n) is 5.52. The molecule has 1 aromatic rings. The summed E-state index contributed by atoms with van der Waals surface area (Å²) < 4.78 is 0. The Morgan fingerprint density at radius 1 is 1.42 bits per heavy atom. The molecular weight excluding hydrogens is 240 g/mol. The zero-order valence-corrected chi connectivity index (χ0v) is 11.9. The van der Waals surface area contributed by atoms with Gasteiger partial charge in [-0.2, -0.15) is 0 Å². The molecule has 1 aliphatic carbocycles. The van der Waals surface area contributed by atoms with Crippen LogP contribution >= 0.6 is 0 Å². The third-order valence-electron chi connectivity index (χ3n) is 3.94. The molecule has 5 nitrogen and oxygen atoms in total. The van der Waals surface area contributed by atoms with Gasteiger partial charge in [0.1, 0.15) is 5.82 Å². The van der Waals surface area contributed by atoms with E-state index in [4.69, 9.17) is 0 Å². The lowest BCUT2D eigenvalue weighted by Crippen LogP contribution is -2.39. The van der Waals surface area contributed by atoms with Crippen LogP contribution < -0.4 is 5.32 Å². The van der Waals surface area contributed by atoms with Crippen molar-refractivity contribution in [2.24, 2.45) is 5.92 Å². The third kappa shape index (κ3) is 3.78. The fourth-order valence-electron chi connectivity index (χ4n) is 2.77. The van der Waals surface area contributed by atoms with Gasteiger partial charge in [-0.05, 0) is 32.1 Å². The average molecular weight is 264 g/mol. The maximum absolute atomic E-state index is 12.1.